The normalized spacial score (nSPS) is 10.2. The topological polar surface area (TPSA) is 74.6 Å². The second kappa shape index (κ2) is 5.48. The second-order valence-corrected chi connectivity index (χ2v) is 4.00. The highest BCUT2D eigenvalue weighted by molar-refractivity contribution is 5.97. The molecule has 0 amide bonds. The fourth-order valence-electron chi connectivity index (χ4n) is 1.88. The van der Waals surface area contributed by atoms with E-state index in [9.17, 15) is 9.59 Å². The molecule has 0 aliphatic carbocycles. The fourth-order valence-corrected chi connectivity index (χ4v) is 1.88. The van der Waals surface area contributed by atoms with Gasteiger partial charge in [-0.1, -0.05) is 19.4 Å². The Hall–Kier alpha value is -1.84. The lowest BCUT2D eigenvalue weighted by atomic mass is 9.93. The van der Waals surface area contributed by atoms with Crippen LogP contribution in [-0.2, 0) is 6.42 Å². The van der Waals surface area contributed by atoms with E-state index in [1.54, 1.807) is 13.0 Å². The Morgan fingerprint density at radius 2 is 1.82 bits per heavy atom. The quantitative estimate of drug-likeness (QED) is 0.824. The standard InChI is InChI=1S/C13H16O4/c1-3-4-5-9-10(12(14)15)7-6-8(2)11(9)13(16)17/h6-7H,3-5H2,1-2H3,(H,14,15)(H,16,17). The van der Waals surface area contributed by atoms with Crippen LogP contribution < -0.4 is 0 Å². The molecule has 0 fully saturated rings. The van der Waals surface area contributed by atoms with Gasteiger partial charge in [0.15, 0.2) is 0 Å². The van der Waals surface area contributed by atoms with Crippen LogP contribution in [0.5, 0.6) is 0 Å². The molecule has 4 nitrogen and oxygen atoms in total. The number of aromatic carboxylic acids is 2. The van der Waals surface area contributed by atoms with Gasteiger partial charge in [0.05, 0.1) is 11.1 Å². The van der Waals surface area contributed by atoms with E-state index < -0.39 is 11.9 Å². The third-order valence-corrected chi connectivity index (χ3v) is 2.75. The van der Waals surface area contributed by atoms with Crippen LogP contribution in [0.2, 0.25) is 0 Å². The minimum absolute atomic E-state index is 0.0986. The zero-order valence-electron chi connectivity index (χ0n) is 9.99. The molecule has 0 aromatic heterocycles. The molecule has 0 unspecified atom stereocenters. The minimum Gasteiger partial charge on any atom is -0.478 e. The van der Waals surface area contributed by atoms with Crippen molar-refractivity contribution in [3.05, 3.63) is 34.4 Å². The lowest BCUT2D eigenvalue weighted by molar-refractivity contribution is 0.0695. The Balaban J connectivity index is 3.38. The van der Waals surface area contributed by atoms with Crippen molar-refractivity contribution in [3.8, 4) is 0 Å². The number of carbonyl (C=O) groups is 2. The number of benzene rings is 1. The third-order valence-electron chi connectivity index (χ3n) is 2.75. The SMILES string of the molecule is CCCCc1c(C(=O)O)ccc(C)c1C(=O)O. The smallest absolute Gasteiger partial charge is 0.336 e. The van der Waals surface area contributed by atoms with Crippen LogP contribution >= 0.6 is 0 Å². The Morgan fingerprint density at radius 3 is 2.29 bits per heavy atom. The van der Waals surface area contributed by atoms with Gasteiger partial charge >= 0.3 is 11.9 Å². The summed E-state index contributed by atoms with van der Waals surface area (Å²) in [5.74, 6) is -2.13. The first-order valence-corrected chi connectivity index (χ1v) is 5.58. The maximum Gasteiger partial charge on any atom is 0.336 e. The predicted molar refractivity (Wildman–Crippen MR) is 63.7 cm³/mol. The largest absolute Gasteiger partial charge is 0.478 e. The molecular formula is C13H16O4. The first-order chi connectivity index (χ1) is 7.99. The van der Waals surface area contributed by atoms with Crippen molar-refractivity contribution in [2.45, 2.75) is 33.1 Å². The molecule has 92 valence electrons. The summed E-state index contributed by atoms with van der Waals surface area (Å²) in [5.41, 5.74) is 1.28. The van der Waals surface area contributed by atoms with Gasteiger partial charge in [-0.05, 0) is 37.0 Å². The molecule has 1 aromatic carbocycles. The van der Waals surface area contributed by atoms with Crippen molar-refractivity contribution in [1.82, 2.24) is 0 Å². The maximum atomic E-state index is 11.2. The molecule has 1 aromatic rings. The number of aryl methyl sites for hydroxylation is 1. The van der Waals surface area contributed by atoms with E-state index >= 15 is 0 Å². The zero-order valence-corrected chi connectivity index (χ0v) is 9.99. The highest BCUT2D eigenvalue weighted by Crippen LogP contribution is 2.21. The molecule has 0 radical (unpaired) electrons. The van der Waals surface area contributed by atoms with Gasteiger partial charge in [0.1, 0.15) is 0 Å². The lowest BCUT2D eigenvalue weighted by Gasteiger charge is -2.12. The van der Waals surface area contributed by atoms with E-state index in [4.69, 9.17) is 10.2 Å². The number of carboxylic acid groups (broad SMARTS) is 2. The summed E-state index contributed by atoms with van der Waals surface area (Å²) < 4.78 is 0. The molecule has 0 aliphatic rings. The van der Waals surface area contributed by atoms with E-state index in [0.717, 1.165) is 12.8 Å². The highest BCUT2D eigenvalue weighted by Gasteiger charge is 2.19. The maximum absolute atomic E-state index is 11.2. The van der Waals surface area contributed by atoms with Crippen molar-refractivity contribution in [2.24, 2.45) is 0 Å². The summed E-state index contributed by atoms with van der Waals surface area (Å²) in [6.07, 6.45) is 2.16. The molecule has 0 aliphatic heterocycles. The van der Waals surface area contributed by atoms with Crippen molar-refractivity contribution in [3.63, 3.8) is 0 Å². The summed E-state index contributed by atoms with van der Waals surface area (Å²) in [6.45, 7) is 3.67. The zero-order chi connectivity index (χ0) is 13.0. The summed E-state index contributed by atoms with van der Waals surface area (Å²) in [4.78, 5) is 22.3. The molecule has 0 spiro atoms. The van der Waals surface area contributed by atoms with Crippen LogP contribution in [0.1, 0.15) is 51.6 Å². The lowest BCUT2D eigenvalue weighted by Crippen LogP contribution is -2.12. The first kappa shape index (κ1) is 13.2. The average molecular weight is 236 g/mol. The number of unbranched alkanes of at least 4 members (excludes halogenated alkanes) is 1. The first-order valence-electron chi connectivity index (χ1n) is 5.58. The number of hydrogen-bond donors (Lipinski definition) is 2. The van der Waals surface area contributed by atoms with Gasteiger partial charge in [-0.15, -0.1) is 0 Å². The van der Waals surface area contributed by atoms with Gasteiger partial charge in [-0.3, -0.25) is 0 Å². The third kappa shape index (κ3) is 2.84. The van der Waals surface area contributed by atoms with Crippen molar-refractivity contribution >= 4 is 11.9 Å². The molecule has 4 heteroatoms. The van der Waals surface area contributed by atoms with Crippen molar-refractivity contribution in [2.75, 3.05) is 0 Å². The predicted octanol–water partition coefficient (Wildman–Crippen LogP) is 2.73. The van der Waals surface area contributed by atoms with E-state index in [0.29, 0.717) is 17.5 Å². The summed E-state index contributed by atoms with van der Waals surface area (Å²) in [6, 6.07) is 3.03. The van der Waals surface area contributed by atoms with E-state index in [1.165, 1.54) is 6.07 Å². The molecule has 0 atom stereocenters. The van der Waals surface area contributed by atoms with Crippen LogP contribution in [0.4, 0.5) is 0 Å². The molecule has 2 N–H and O–H groups in total. The second-order valence-electron chi connectivity index (χ2n) is 4.00. The monoisotopic (exact) mass is 236 g/mol. The Morgan fingerprint density at radius 1 is 1.18 bits per heavy atom. The summed E-state index contributed by atoms with van der Waals surface area (Å²) in [5, 5.41) is 18.2. The average Bonchev–Trinajstić information content (AvgIpc) is 2.25. The van der Waals surface area contributed by atoms with Crippen molar-refractivity contribution < 1.29 is 19.8 Å². The molecule has 17 heavy (non-hydrogen) atoms. The van der Waals surface area contributed by atoms with Gasteiger partial charge in [0.25, 0.3) is 0 Å². The van der Waals surface area contributed by atoms with E-state index in [2.05, 4.69) is 0 Å². The van der Waals surface area contributed by atoms with E-state index in [-0.39, 0.29) is 11.1 Å². The Labute approximate surface area is 99.9 Å². The summed E-state index contributed by atoms with van der Waals surface area (Å²) in [7, 11) is 0. The Bertz CT molecular complexity index is 449. The highest BCUT2D eigenvalue weighted by atomic mass is 16.4. The van der Waals surface area contributed by atoms with Gasteiger partial charge in [0, 0.05) is 0 Å². The molecule has 0 heterocycles. The molecular weight excluding hydrogens is 220 g/mol. The Kier molecular flexibility index (Phi) is 4.26. The van der Waals surface area contributed by atoms with Gasteiger partial charge in [-0.2, -0.15) is 0 Å². The molecule has 0 saturated carbocycles. The van der Waals surface area contributed by atoms with E-state index in [1.807, 2.05) is 6.92 Å². The number of carboxylic acids is 2. The van der Waals surface area contributed by atoms with Gasteiger partial charge in [-0.25, -0.2) is 9.59 Å². The molecule has 1 rings (SSSR count). The minimum atomic E-state index is -1.07. The van der Waals surface area contributed by atoms with Gasteiger partial charge in [0.2, 0.25) is 0 Å². The van der Waals surface area contributed by atoms with Crippen LogP contribution in [0.15, 0.2) is 12.1 Å². The summed E-state index contributed by atoms with van der Waals surface area (Å²) >= 11 is 0. The number of hydrogen-bond acceptors (Lipinski definition) is 2. The molecule has 0 saturated heterocycles. The van der Waals surface area contributed by atoms with Crippen LogP contribution in [0.25, 0.3) is 0 Å². The van der Waals surface area contributed by atoms with Crippen LogP contribution in [0, 0.1) is 6.92 Å². The van der Waals surface area contributed by atoms with Crippen molar-refractivity contribution in [1.29, 1.82) is 0 Å². The molecule has 0 bridgehead atoms. The van der Waals surface area contributed by atoms with Crippen LogP contribution in [0.3, 0.4) is 0 Å². The van der Waals surface area contributed by atoms with Gasteiger partial charge < -0.3 is 10.2 Å². The fraction of sp³-hybridized carbons (Fsp3) is 0.385. The number of rotatable bonds is 5. The van der Waals surface area contributed by atoms with Crippen LogP contribution in [-0.4, -0.2) is 22.2 Å².